The number of piperidine rings is 1. The first-order valence-corrected chi connectivity index (χ1v) is 7.16. The van der Waals surface area contributed by atoms with Gasteiger partial charge in [-0.3, -0.25) is 0 Å². The van der Waals surface area contributed by atoms with E-state index < -0.39 is 0 Å². The predicted octanol–water partition coefficient (Wildman–Crippen LogP) is 3.54. The highest BCUT2D eigenvalue weighted by Gasteiger charge is 2.23. The van der Waals surface area contributed by atoms with E-state index in [0.717, 1.165) is 11.8 Å². The maximum absolute atomic E-state index is 11.9. The van der Waals surface area contributed by atoms with E-state index in [1.54, 1.807) is 23.1 Å². The highest BCUT2D eigenvalue weighted by atomic mass is 35.5. The number of halogens is 2. The molecule has 1 amide bonds. The van der Waals surface area contributed by atoms with Gasteiger partial charge in [0.25, 0.3) is 0 Å². The average Bonchev–Trinajstić information content (AvgIpc) is 2.44. The molecule has 1 aromatic rings. The van der Waals surface area contributed by atoms with Crippen LogP contribution in [0, 0.1) is 5.92 Å². The van der Waals surface area contributed by atoms with Crippen molar-refractivity contribution in [2.75, 3.05) is 13.1 Å². The summed E-state index contributed by atoms with van der Waals surface area (Å²) >= 11 is 11.8. The van der Waals surface area contributed by atoms with E-state index >= 15 is 0 Å². The van der Waals surface area contributed by atoms with Gasteiger partial charge in [-0.05, 0) is 36.6 Å². The molecule has 0 spiro atoms. The molecule has 0 radical (unpaired) electrons. The molecule has 20 heavy (non-hydrogen) atoms. The molecular formula is C14H15Cl2NO3. The number of amides is 1. The first-order valence-electron chi connectivity index (χ1n) is 6.40. The normalized spacial score (nSPS) is 16.0. The van der Waals surface area contributed by atoms with Crippen LogP contribution in [-0.4, -0.2) is 30.4 Å². The number of carbonyl (C=O) groups excluding carboxylic acids is 2. The van der Waals surface area contributed by atoms with Crippen molar-refractivity contribution in [2.24, 2.45) is 5.92 Å². The number of aldehydes is 1. The Morgan fingerprint density at radius 3 is 2.40 bits per heavy atom. The number of hydrogen-bond acceptors (Lipinski definition) is 3. The van der Waals surface area contributed by atoms with Crippen LogP contribution in [0.3, 0.4) is 0 Å². The van der Waals surface area contributed by atoms with Gasteiger partial charge < -0.3 is 14.4 Å². The smallest absolute Gasteiger partial charge is 0.410 e. The third-order valence-corrected chi connectivity index (χ3v) is 3.71. The molecule has 108 valence electrons. The fourth-order valence-corrected chi connectivity index (χ4v) is 2.72. The molecule has 0 aliphatic carbocycles. The highest BCUT2D eigenvalue weighted by molar-refractivity contribution is 6.34. The Morgan fingerprint density at radius 1 is 1.25 bits per heavy atom. The van der Waals surface area contributed by atoms with Crippen LogP contribution in [0.2, 0.25) is 10.0 Å². The van der Waals surface area contributed by atoms with Gasteiger partial charge in [0, 0.05) is 29.1 Å². The zero-order valence-electron chi connectivity index (χ0n) is 10.9. The number of rotatable bonds is 3. The van der Waals surface area contributed by atoms with Crippen LogP contribution in [0.25, 0.3) is 0 Å². The van der Waals surface area contributed by atoms with Crippen molar-refractivity contribution in [3.05, 3.63) is 33.8 Å². The number of nitrogens with zero attached hydrogens (tertiary/aromatic N) is 1. The molecule has 0 saturated carbocycles. The Morgan fingerprint density at radius 2 is 1.85 bits per heavy atom. The Balaban J connectivity index is 1.84. The van der Waals surface area contributed by atoms with Crippen LogP contribution < -0.4 is 0 Å². The van der Waals surface area contributed by atoms with Gasteiger partial charge in [-0.25, -0.2) is 4.79 Å². The van der Waals surface area contributed by atoms with Gasteiger partial charge in [0.1, 0.15) is 12.9 Å². The average molecular weight is 316 g/mol. The second-order valence-electron chi connectivity index (χ2n) is 4.79. The summed E-state index contributed by atoms with van der Waals surface area (Å²) < 4.78 is 5.23. The first-order chi connectivity index (χ1) is 9.58. The van der Waals surface area contributed by atoms with Gasteiger partial charge in [0.15, 0.2) is 0 Å². The molecule has 0 N–H and O–H groups in total. The molecule has 4 nitrogen and oxygen atoms in total. The van der Waals surface area contributed by atoms with Gasteiger partial charge in [0.05, 0.1) is 0 Å². The van der Waals surface area contributed by atoms with E-state index in [2.05, 4.69) is 0 Å². The van der Waals surface area contributed by atoms with Gasteiger partial charge in [-0.2, -0.15) is 0 Å². The number of benzene rings is 1. The molecule has 0 bridgehead atoms. The van der Waals surface area contributed by atoms with Crippen LogP contribution in [0.1, 0.15) is 18.4 Å². The molecule has 0 aromatic heterocycles. The summed E-state index contributed by atoms with van der Waals surface area (Å²) in [5.74, 6) is 0.0609. The largest absolute Gasteiger partial charge is 0.445 e. The predicted molar refractivity (Wildman–Crippen MR) is 77.0 cm³/mol. The Hall–Kier alpha value is -1.26. The quantitative estimate of drug-likeness (QED) is 0.801. The summed E-state index contributed by atoms with van der Waals surface area (Å²) in [7, 11) is 0. The molecule has 0 atom stereocenters. The van der Waals surface area contributed by atoms with E-state index in [1.165, 1.54) is 0 Å². The maximum Gasteiger partial charge on any atom is 0.410 e. The Kier molecular flexibility index (Phi) is 5.26. The second kappa shape index (κ2) is 6.95. The summed E-state index contributed by atoms with van der Waals surface area (Å²) in [6.07, 6.45) is 1.98. The van der Waals surface area contributed by atoms with E-state index in [1.807, 2.05) is 0 Å². The van der Waals surface area contributed by atoms with Crippen molar-refractivity contribution in [1.82, 2.24) is 4.90 Å². The van der Waals surface area contributed by atoms with Crippen molar-refractivity contribution in [3.63, 3.8) is 0 Å². The van der Waals surface area contributed by atoms with Crippen LogP contribution in [0.4, 0.5) is 4.79 Å². The van der Waals surface area contributed by atoms with Crippen LogP contribution >= 0.6 is 23.2 Å². The molecule has 2 rings (SSSR count). The Labute approximate surface area is 127 Å². The van der Waals surface area contributed by atoms with E-state index in [4.69, 9.17) is 27.9 Å². The zero-order chi connectivity index (χ0) is 14.5. The van der Waals surface area contributed by atoms with Crippen LogP contribution in [-0.2, 0) is 16.1 Å². The van der Waals surface area contributed by atoms with Gasteiger partial charge >= 0.3 is 6.09 Å². The molecule has 1 aliphatic heterocycles. The SMILES string of the molecule is O=CC1CCN(C(=O)OCc2cc(Cl)cc(Cl)c2)CC1. The lowest BCUT2D eigenvalue weighted by molar-refractivity contribution is -0.112. The number of carbonyl (C=O) groups is 2. The minimum Gasteiger partial charge on any atom is -0.445 e. The third kappa shape index (κ3) is 4.12. The van der Waals surface area contributed by atoms with E-state index in [0.29, 0.717) is 36.0 Å². The van der Waals surface area contributed by atoms with E-state index in [-0.39, 0.29) is 18.6 Å². The summed E-state index contributed by atoms with van der Waals surface area (Å²) in [4.78, 5) is 24.2. The van der Waals surface area contributed by atoms with Gasteiger partial charge in [-0.1, -0.05) is 23.2 Å². The maximum atomic E-state index is 11.9. The molecule has 6 heteroatoms. The number of ether oxygens (including phenoxy) is 1. The lowest BCUT2D eigenvalue weighted by atomic mass is 9.99. The molecule has 1 aliphatic rings. The monoisotopic (exact) mass is 315 g/mol. The van der Waals surface area contributed by atoms with Crippen molar-refractivity contribution in [1.29, 1.82) is 0 Å². The summed E-state index contributed by atoms with van der Waals surface area (Å²) in [5.41, 5.74) is 0.749. The number of hydrogen-bond donors (Lipinski definition) is 0. The lowest BCUT2D eigenvalue weighted by Crippen LogP contribution is -2.39. The zero-order valence-corrected chi connectivity index (χ0v) is 12.4. The van der Waals surface area contributed by atoms with Crippen molar-refractivity contribution in [2.45, 2.75) is 19.4 Å². The number of likely N-dealkylation sites (tertiary alicyclic amines) is 1. The van der Waals surface area contributed by atoms with Crippen LogP contribution in [0.15, 0.2) is 18.2 Å². The topological polar surface area (TPSA) is 46.6 Å². The lowest BCUT2D eigenvalue weighted by Gasteiger charge is -2.28. The minimum atomic E-state index is -0.370. The summed E-state index contributed by atoms with van der Waals surface area (Å²) in [6.45, 7) is 1.24. The molecule has 0 unspecified atom stereocenters. The summed E-state index contributed by atoms with van der Waals surface area (Å²) in [5, 5.41) is 1.02. The summed E-state index contributed by atoms with van der Waals surface area (Å²) in [6, 6.07) is 5.04. The second-order valence-corrected chi connectivity index (χ2v) is 5.67. The van der Waals surface area contributed by atoms with Crippen LogP contribution in [0.5, 0.6) is 0 Å². The Bertz CT molecular complexity index is 479. The van der Waals surface area contributed by atoms with E-state index in [9.17, 15) is 9.59 Å². The highest BCUT2D eigenvalue weighted by Crippen LogP contribution is 2.20. The van der Waals surface area contributed by atoms with Crippen molar-refractivity contribution in [3.8, 4) is 0 Å². The van der Waals surface area contributed by atoms with Crippen molar-refractivity contribution >= 4 is 35.6 Å². The molecular weight excluding hydrogens is 301 g/mol. The minimum absolute atomic E-state index is 0.0609. The molecule has 1 heterocycles. The molecule has 1 fully saturated rings. The third-order valence-electron chi connectivity index (χ3n) is 3.27. The fraction of sp³-hybridized carbons (Fsp3) is 0.429. The first kappa shape index (κ1) is 15.1. The van der Waals surface area contributed by atoms with Crippen molar-refractivity contribution < 1.29 is 14.3 Å². The van der Waals surface area contributed by atoms with Gasteiger partial charge in [-0.15, -0.1) is 0 Å². The fourth-order valence-electron chi connectivity index (χ4n) is 2.15. The molecule has 1 aromatic carbocycles. The van der Waals surface area contributed by atoms with Gasteiger partial charge in [0.2, 0.25) is 0 Å². The standard InChI is InChI=1S/C14H15Cl2NO3/c15-12-5-11(6-13(16)7-12)9-20-14(19)17-3-1-10(8-18)2-4-17/h5-8,10H,1-4,9H2. The molecule has 1 saturated heterocycles.